The van der Waals surface area contributed by atoms with Crippen molar-refractivity contribution in [3.05, 3.63) is 64.4 Å². The first kappa shape index (κ1) is 33.0. The first-order chi connectivity index (χ1) is 16.7. The van der Waals surface area contributed by atoms with Gasteiger partial charge in [-0.05, 0) is 35.8 Å². The van der Waals surface area contributed by atoms with Gasteiger partial charge in [-0.25, -0.2) is 4.98 Å². The van der Waals surface area contributed by atoms with Gasteiger partial charge in [-0.3, -0.25) is 4.79 Å². The van der Waals surface area contributed by atoms with Crippen molar-refractivity contribution >= 4 is 27.2 Å². The van der Waals surface area contributed by atoms with E-state index in [2.05, 4.69) is 49.3 Å². The number of aliphatic hydroxyl groups excluding tert-OH is 1. The predicted octanol–water partition coefficient (Wildman–Crippen LogP) is 9.50. The number of carbonyl (C=O) groups is 1. The third-order valence-electron chi connectivity index (χ3n) is 6.83. The van der Waals surface area contributed by atoms with Gasteiger partial charge in [-0.2, -0.15) is 17.2 Å². The number of aliphatic hydroxyl groups is 1. The van der Waals surface area contributed by atoms with Crippen LogP contribution in [0.2, 0.25) is 0 Å². The van der Waals surface area contributed by atoms with Crippen LogP contribution >= 0.6 is 11.3 Å². The van der Waals surface area contributed by atoms with Gasteiger partial charge >= 0.3 is 0 Å². The number of pyridine rings is 1. The zero-order chi connectivity index (χ0) is 27.3. The van der Waals surface area contributed by atoms with E-state index in [4.69, 9.17) is 4.74 Å². The zero-order valence-electron chi connectivity index (χ0n) is 23.9. The van der Waals surface area contributed by atoms with Crippen LogP contribution in [0.15, 0.2) is 41.6 Å². The normalized spacial score (nSPS) is 12.1. The Bertz CT molecular complexity index is 1200. The van der Waals surface area contributed by atoms with Gasteiger partial charge in [0.05, 0.1) is 4.70 Å². The smallest absolute Gasteiger partial charge is 0.235 e. The molecule has 0 unspecified atom stereocenters. The van der Waals surface area contributed by atoms with Gasteiger partial charge in [0.25, 0.3) is 0 Å². The summed E-state index contributed by atoms with van der Waals surface area (Å²) in [6, 6.07) is 9.38. The van der Waals surface area contributed by atoms with E-state index in [9.17, 15) is 9.90 Å². The maximum atomic E-state index is 11.8. The van der Waals surface area contributed by atoms with Crippen LogP contribution in [0.25, 0.3) is 10.1 Å². The number of hydrogen-bond donors (Lipinski definition) is 1. The number of hydrogen-bond acceptors (Lipinski definition) is 5. The molecule has 0 aliphatic heterocycles. The van der Waals surface area contributed by atoms with E-state index in [0.29, 0.717) is 11.8 Å². The van der Waals surface area contributed by atoms with E-state index < -0.39 is 0 Å². The quantitative estimate of drug-likeness (QED) is 0.145. The molecule has 4 nitrogen and oxygen atoms in total. The molecule has 2 aromatic heterocycles. The Morgan fingerprint density at radius 2 is 1.76 bits per heavy atom. The Morgan fingerprint density at radius 3 is 2.30 bits per heavy atom. The Kier molecular flexibility index (Phi) is 12.2. The summed E-state index contributed by atoms with van der Waals surface area (Å²) in [5.74, 6) is 2.10. The molecule has 1 radical (unpaired) electrons. The molecule has 0 saturated carbocycles. The first-order valence-electron chi connectivity index (χ1n) is 12.7. The zero-order valence-corrected chi connectivity index (χ0v) is 27.1. The number of aromatic nitrogens is 1. The molecule has 205 valence electrons. The predicted molar refractivity (Wildman–Crippen MR) is 152 cm³/mol. The maximum Gasteiger partial charge on any atom is 0.235 e. The van der Waals surface area contributed by atoms with Gasteiger partial charge in [0.2, 0.25) is 5.88 Å². The Morgan fingerprint density at radius 1 is 1.14 bits per heavy atom. The molecule has 0 spiro atoms. The van der Waals surface area contributed by atoms with Crippen molar-refractivity contribution in [3.63, 3.8) is 0 Å². The third kappa shape index (κ3) is 8.77. The van der Waals surface area contributed by atoms with Gasteiger partial charge < -0.3 is 9.84 Å². The molecule has 3 aromatic rings. The number of benzene rings is 1. The molecule has 0 atom stereocenters. The van der Waals surface area contributed by atoms with Crippen LogP contribution in [-0.2, 0) is 24.9 Å². The van der Waals surface area contributed by atoms with Crippen LogP contribution in [0.4, 0.5) is 0 Å². The number of allylic oxidation sites excluding steroid dienone is 2. The van der Waals surface area contributed by atoms with Gasteiger partial charge in [0.1, 0.15) is 5.76 Å². The van der Waals surface area contributed by atoms with Crippen molar-refractivity contribution in [2.45, 2.75) is 88.0 Å². The van der Waals surface area contributed by atoms with Crippen molar-refractivity contribution < 1.29 is 34.7 Å². The third-order valence-corrected chi connectivity index (χ3v) is 7.84. The van der Waals surface area contributed by atoms with Gasteiger partial charge in [-0.1, -0.05) is 69.2 Å². The maximum absolute atomic E-state index is 11.8. The fourth-order valence-corrected chi connectivity index (χ4v) is 4.51. The van der Waals surface area contributed by atoms with E-state index in [1.165, 1.54) is 22.6 Å². The summed E-state index contributed by atoms with van der Waals surface area (Å²) in [5, 5.41) is 13.3. The number of ketones is 1. The fourth-order valence-electron chi connectivity index (χ4n) is 3.36. The summed E-state index contributed by atoms with van der Waals surface area (Å²) in [6.07, 6.45) is 4.81. The molecule has 1 N–H and O–H groups in total. The summed E-state index contributed by atoms with van der Waals surface area (Å²) >= 11 is 1.70. The molecular weight excluding hydrogens is 659 g/mol. The number of nitrogens with zero attached hydrogens (tertiary/aromatic N) is 1. The largest absolute Gasteiger partial charge is 0.512 e. The minimum atomic E-state index is -0.377. The molecular formula is C31H42IrNO3S-. The van der Waals surface area contributed by atoms with Crippen molar-refractivity contribution in [1.82, 2.24) is 4.98 Å². The summed E-state index contributed by atoms with van der Waals surface area (Å²) in [4.78, 5) is 16.2. The van der Waals surface area contributed by atoms with Gasteiger partial charge in [-0.15, -0.1) is 23.5 Å². The topological polar surface area (TPSA) is 59.4 Å². The number of thiophene rings is 1. The second-order valence-electron chi connectivity index (χ2n) is 11.0. The monoisotopic (exact) mass is 701 g/mol. The summed E-state index contributed by atoms with van der Waals surface area (Å²) < 4.78 is 7.10. The number of aryl methyl sites for hydroxylation is 2. The van der Waals surface area contributed by atoms with E-state index in [0.717, 1.165) is 28.9 Å². The minimum absolute atomic E-state index is 0. The van der Waals surface area contributed by atoms with Crippen LogP contribution in [0.3, 0.4) is 0 Å². The van der Waals surface area contributed by atoms with Crippen molar-refractivity contribution in [2.24, 2.45) is 10.8 Å². The molecule has 3 rings (SSSR count). The fraction of sp³-hybridized carbons (Fsp3) is 0.484. The van der Waals surface area contributed by atoms with E-state index in [-0.39, 0.29) is 42.5 Å². The number of fused-ring (bicyclic) bond motifs is 1. The minimum Gasteiger partial charge on any atom is -0.512 e. The molecule has 0 bridgehead atoms. The summed E-state index contributed by atoms with van der Waals surface area (Å²) in [6.45, 7) is 20.2. The molecule has 0 aliphatic carbocycles. The van der Waals surface area contributed by atoms with Gasteiger partial charge in [0.15, 0.2) is 5.78 Å². The molecule has 2 heterocycles. The second-order valence-corrected chi connectivity index (χ2v) is 11.9. The molecule has 37 heavy (non-hydrogen) atoms. The number of ether oxygens (including phenoxy) is 1. The first-order valence-corrected chi connectivity index (χ1v) is 13.6. The van der Waals surface area contributed by atoms with E-state index in [1.54, 1.807) is 11.3 Å². The van der Waals surface area contributed by atoms with Crippen molar-refractivity contribution in [3.8, 4) is 11.6 Å². The van der Waals surface area contributed by atoms with E-state index in [1.807, 2.05) is 60.7 Å². The van der Waals surface area contributed by atoms with E-state index >= 15 is 0 Å². The van der Waals surface area contributed by atoms with Crippen LogP contribution in [0, 0.1) is 30.7 Å². The van der Waals surface area contributed by atoms with Crippen LogP contribution in [-0.4, -0.2) is 15.9 Å². The average molecular weight is 701 g/mol. The molecule has 6 heteroatoms. The molecule has 0 aliphatic rings. The second kappa shape index (κ2) is 13.7. The summed E-state index contributed by atoms with van der Waals surface area (Å²) in [7, 11) is 0. The molecule has 0 fully saturated rings. The van der Waals surface area contributed by atoms with Crippen molar-refractivity contribution in [1.29, 1.82) is 0 Å². The molecule has 1 aromatic carbocycles. The molecule has 0 saturated heterocycles. The van der Waals surface area contributed by atoms with Crippen LogP contribution in [0.1, 0.15) is 90.8 Å². The Balaban J connectivity index is 0.000000384. The van der Waals surface area contributed by atoms with Gasteiger partial charge in [0, 0.05) is 54.3 Å². The standard InChI is InChI=1S/C18H18NOS.C13H24O2.Ir/c1-11(2)16-10-21-17-15(16)5-6-19-18(17)20-14-8-12(3)7-13(4)9-14;1-7-12(3,4)10(14)9-11(15)13(5,6)8-2;/h5-8,10-11H,1-4H3;9,14H,7-8H2,1-6H3;/q-1;;/b;10-9-;. The average Bonchev–Trinajstić information content (AvgIpc) is 3.24. The van der Waals surface area contributed by atoms with Crippen molar-refractivity contribution in [2.75, 3.05) is 0 Å². The van der Waals surface area contributed by atoms with Crippen LogP contribution < -0.4 is 4.74 Å². The Hall–Kier alpha value is -2.01. The molecule has 0 amide bonds. The number of carbonyl (C=O) groups excluding carboxylic acids is 1. The SMILES string of the molecule is CCC(C)(C)C(=O)/C=C(\O)C(C)(C)CC.Cc1[c-]c(Oc2nccc3c(C(C)C)csc23)cc(C)c1.[Ir]. The van der Waals surface area contributed by atoms with Crippen LogP contribution in [0.5, 0.6) is 11.6 Å². The summed E-state index contributed by atoms with van der Waals surface area (Å²) in [5.41, 5.74) is 2.91. The number of rotatable bonds is 8. The Labute approximate surface area is 240 Å².